The van der Waals surface area contributed by atoms with E-state index in [0.29, 0.717) is 11.0 Å². The molecule has 1 aliphatic heterocycles. The van der Waals surface area contributed by atoms with Crippen molar-refractivity contribution in [3.05, 3.63) is 29.8 Å². The number of hydrogen-bond acceptors (Lipinski definition) is 4. The zero-order chi connectivity index (χ0) is 15.1. The fraction of sp³-hybridized carbons (Fsp3) is 0.500. The molecule has 20 heavy (non-hydrogen) atoms. The Labute approximate surface area is 119 Å². The molecule has 0 amide bonds. The fourth-order valence-electron chi connectivity index (χ4n) is 2.11. The smallest absolute Gasteiger partial charge is 0.480 e. The second-order valence-electron chi connectivity index (χ2n) is 6.03. The highest BCUT2D eigenvalue weighted by Gasteiger charge is 2.52. The molecule has 1 saturated heterocycles. The van der Waals surface area contributed by atoms with Crippen molar-refractivity contribution in [1.82, 2.24) is 0 Å². The van der Waals surface area contributed by atoms with Crippen LogP contribution in [0, 0.1) is 0 Å². The number of hydrogen-bond donors (Lipinski definition) is 2. The van der Waals surface area contributed by atoms with Gasteiger partial charge in [-0.1, -0.05) is 24.3 Å². The van der Waals surface area contributed by atoms with Gasteiger partial charge in [0, 0.05) is 0 Å². The van der Waals surface area contributed by atoms with Gasteiger partial charge in [0.2, 0.25) is 0 Å². The summed E-state index contributed by atoms with van der Waals surface area (Å²) in [5.74, 6) is -1.08. The number of carboxylic acids is 1. The van der Waals surface area contributed by atoms with Crippen molar-refractivity contribution >= 4 is 18.6 Å². The number of aliphatic carboxylic acids is 1. The molecule has 1 atom stereocenters. The van der Waals surface area contributed by atoms with Crippen LogP contribution in [0.4, 0.5) is 0 Å². The van der Waals surface area contributed by atoms with Gasteiger partial charge in [0.15, 0.2) is 0 Å². The van der Waals surface area contributed by atoms with Gasteiger partial charge in [-0.3, -0.25) is 4.79 Å². The van der Waals surface area contributed by atoms with Crippen molar-refractivity contribution in [1.29, 1.82) is 0 Å². The maximum atomic E-state index is 11.1. The van der Waals surface area contributed by atoms with Crippen molar-refractivity contribution in [2.24, 2.45) is 5.73 Å². The summed E-state index contributed by atoms with van der Waals surface area (Å²) in [6.07, 6.45) is 0. The number of carbonyl (C=O) groups is 1. The lowest BCUT2D eigenvalue weighted by Crippen LogP contribution is -2.41. The summed E-state index contributed by atoms with van der Waals surface area (Å²) in [5, 5.41) is 9.10. The highest BCUT2D eigenvalue weighted by molar-refractivity contribution is 6.62. The zero-order valence-electron chi connectivity index (χ0n) is 12.2. The minimum Gasteiger partial charge on any atom is -0.480 e. The summed E-state index contributed by atoms with van der Waals surface area (Å²) in [6.45, 7) is 7.80. The zero-order valence-corrected chi connectivity index (χ0v) is 12.2. The van der Waals surface area contributed by atoms with E-state index >= 15 is 0 Å². The first-order valence-electron chi connectivity index (χ1n) is 6.58. The average molecular weight is 277 g/mol. The molecule has 1 fully saturated rings. The molecule has 0 radical (unpaired) electrons. The third kappa shape index (κ3) is 2.46. The summed E-state index contributed by atoms with van der Waals surface area (Å²) in [6, 6.07) is 5.97. The van der Waals surface area contributed by atoms with Gasteiger partial charge in [0.25, 0.3) is 0 Å². The number of carboxylic acid groups (broad SMARTS) is 1. The van der Waals surface area contributed by atoms with E-state index in [4.69, 9.17) is 20.1 Å². The summed E-state index contributed by atoms with van der Waals surface area (Å²) < 4.78 is 11.9. The van der Waals surface area contributed by atoms with Crippen LogP contribution < -0.4 is 11.2 Å². The molecule has 0 spiro atoms. The quantitative estimate of drug-likeness (QED) is 0.808. The summed E-state index contributed by atoms with van der Waals surface area (Å²) in [4.78, 5) is 11.1. The Morgan fingerprint density at radius 1 is 1.20 bits per heavy atom. The molecule has 1 aliphatic rings. The molecule has 0 bridgehead atoms. The summed E-state index contributed by atoms with van der Waals surface area (Å²) in [5.41, 5.74) is 5.96. The van der Waals surface area contributed by atoms with Crippen LogP contribution in [0.25, 0.3) is 0 Å². The second kappa shape index (κ2) is 4.88. The Hall–Kier alpha value is -1.37. The molecule has 1 aromatic rings. The number of benzene rings is 1. The normalized spacial score (nSPS) is 21.8. The minimum absolute atomic E-state index is 0.474. The van der Waals surface area contributed by atoms with E-state index in [-0.39, 0.29) is 0 Å². The topological polar surface area (TPSA) is 81.8 Å². The Bertz CT molecular complexity index is 514. The van der Waals surface area contributed by atoms with Gasteiger partial charge >= 0.3 is 13.1 Å². The lowest BCUT2D eigenvalue weighted by molar-refractivity contribution is -0.138. The standard InChI is InChI=1S/C14H20BNO4/c1-13(2)14(3,4)20-15(19-13)10-8-6-5-7-9(10)11(16)12(17)18/h5-8,11H,16H2,1-4H3,(H,17,18)/t11-/m0/s1. The van der Waals surface area contributed by atoms with E-state index in [9.17, 15) is 4.79 Å². The molecule has 0 aromatic heterocycles. The van der Waals surface area contributed by atoms with Gasteiger partial charge in [0.05, 0.1) is 11.2 Å². The Morgan fingerprint density at radius 3 is 2.20 bits per heavy atom. The molecule has 3 N–H and O–H groups in total. The maximum Gasteiger partial charge on any atom is 0.495 e. The molecule has 0 saturated carbocycles. The lowest BCUT2D eigenvalue weighted by Gasteiger charge is -2.32. The van der Waals surface area contributed by atoms with E-state index in [1.54, 1.807) is 18.2 Å². The van der Waals surface area contributed by atoms with Crippen LogP contribution in [0.1, 0.15) is 39.3 Å². The minimum atomic E-state index is -1.09. The predicted octanol–water partition coefficient (Wildman–Crippen LogP) is 1.07. The molecular weight excluding hydrogens is 257 g/mol. The van der Waals surface area contributed by atoms with Gasteiger partial charge in [-0.15, -0.1) is 0 Å². The number of rotatable bonds is 3. The van der Waals surface area contributed by atoms with Crippen LogP contribution in [0.15, 0.2) is 24.3 Å². The molecule has 1 aromatic carbocycles. The first-order chi connectivity index (χ1) is 9.16. The molecule has 1 heterocycles. The molecule has 0 unspecified atom stereocenters. The Kier molecular flexibility index (Phi) is 3.66. The van der Waals surface area contributed by atoms with Gasteiger partial charge in [0.1, 0.15) is 6.04 Å². The molecule has 108 valence electrons. The van der Waals surface area contributed by atoms with Crippen LogP contribution in [-0.4, -0.2) is 29.4 Å². The Morgan fingerprint density at radius 2 is 1.70 bits per heavy atom. The van der Waals surface area contributed by atoms with Crippen LogP contribution in [0.5, 0.6) is 0 Å². The predicted molar refractivity (Wildman–Crippen MR) is 76.7 cm³/mol. The monoisotopic (exact) mass is 277 g/mol. The van der Waals surface area contributed by atoms with E-state index in [1.165, 1.54) is 0 Å². The van der Waals surface area contributed by atoms with E-state index in [1.807, 2.05) is 33.8 Å². The van der Waals surface area contributed by atoms with Crippen molar-refractivity contribution < 1.29 is 19.2 Å². The van der Waals surface area contributed by atoms with Crippen molar-refractivity contribution in [3.63, 3.8) is 0 Å². The molecule has 5 nitrogen and oxygen atoms in total. The van der Waals surface area contributed by atoms with Crippen molar-refractivity contribution in [2.45, 2.75) is 44.9 Å². The molecule has 0 aliphatic carbocycles. The third-order valence-corrected chi connectivity index (χ3v) is 4.10. The van der Waals surface area contributed by atoms with Crippen LogP contribution in [0.2, 0.25) is 0 Å². The molecule has 6 heteroatoms. The fourth-order valence-corrected chi connectivity index (χ4v) is 2.11. The number of nitrogens with two attached hydrogens (primary N) is 1. The Balaban J connectivity index is 2.38. The van der Waals surface area contributed by atoms with E-state index in [2.05, 4.69) is 0 Å². The van der Waals surface area contributed by atoms with E-state index in [0.717, 1.165) is 0 Å². The highest BCUT2D eigenvalue weighted by Crippen LogP contribution is 2.36. The first kappa shape index (κ1) is 15.0. The molecular formula is C14H20BNO4. The lowest BCUT2D eigenvalue weighted by atomic mass is 9.74. The van der Waals surface area contributed by atoms with Gasteiger partial charge < -0.3 is 20.1 Å². The van der Waals surface area contributed by atoms with Crippen LogP contribution in [0.3, 0.4) is 0 Å². The average Bonchev–Trinajstić information content (AvgIpc) is 2.57. The largest absolute Gasteiger partial charge is 0.495 e. The summed E-state index contributed by atoms with van der Waals surface area (Å²) >= 11 is 0. The third-order valence-electron chi connectivity index (χ3n) is 4.10. The van der Waals surface area contributed by atoms with Crippen molar-refractivity contribution in [2.75, 3.05) is 0 Å². The first-order valence-corrected chi connectivity index (χ1v) is 6.58. The van der Waals surface area contributed by atoms with Gasteiger partial charge in [-0.2, -0.15) is 0 Å². The maximum absolute atomic E-state index is 11.1. The van der Waals surface area contributed by atoms with Crippen LogP contribution >= 0.6 is 0 Å². The highest BCUT2D eigenvalue weighted by atomic mass is 16.7. The molecule has 2 rings (SSSR count). The second-order valence-corrected chi connectivity index (χ2v) is 6.03. The van der Waals surface area contributed by atoms with Crippen LogP contribution in [-0.2, 0) is 14.1 Å². The van der Waals surface area contributed by atoms with E-state index < -0.39 is 30.3 Å². The SMILES string of the molecule is CC1(C)OB(c2ccccc2[C@H](N)C(=O)O)OC1(C)C. The van der Waals surface area contributed by atoms with Gasteiger partial charge in [-0.25, -0.2) is 0 Å². The summed E-state index contributed by atoms with van der Waals surface area (Å²) in [7, 11) is -0.610. The van der Waals surface area contributed by atoms with Crippen molar-refractivity contribution in [3.8, 4) is 0 Å². The van der Waals surface area contributed by atoms with Gasteiger partial charge in [-0.05, 0) is 38.7 Å².